The zero-order valence-corrected chi connectivity index (χ0v) is 12.0. The molecule has 104 valence electrons. The van der Waals surface area contributed by atoms with E-state index in [9.17, 15) is 4.79 Å². The van der Waals surface area contributed by atoms with Gasteiger partial charge < -0.3 is 10.2 Å². The molecule has 5 heteroatoms. The van der Waals surface area contributed by atoms with Gasteiger partial charge in [-0.05, 0) is 31.4 Å². The molecule has 1 N–H and O–H groups in total. The number of nitrogens with one attached hydrogen (secondary N) is 1. The number of piperidine rings is 1. The number of amides is 1. The van der Waals surface area contributed by atoms with Crippen molar-refractivity contribution < 1.29 is 4.79 Å². The number of nitrogens with zero attached hydrogens (tertiary/aromatic N) is 2. The van der Waals surface area contributed by atoms with Gasteiger partial charge in [0.2, 0.25) is 5.91 Å². The van der Waals surface area contributed by atoms with Gasteiger partial charge in [-0.25, -0.2) is 4.98 Å². The summed E-state index contributed by atoms with van der Waals surface area (Å²) in [7, 11) is 0. The highest BCUT2D eigenvalue weighted by Crippen LogP contribution is 2.19. The van der Waals surface area contributed by atoms with Gasteiger partial charge in [0, 0.05) is 25.6 Å². The number of likely N-dealkylation sites (tertiary alicyclic amines) is 1. The average Bonchev–Trinajstić information content (AvgIpc) is 2.45. The highest BCUT2D eigenvalue weighted by molar-refractivity contribution is 6.29. The molecule has 2 heterocycles. The molecule has 1 atom stereocenters. The second kappa shape index (κ2) is 6.75. The van der Waals surface area contributed by atoms with Crippen LogP contribution in [0.3, 0.4) is 0 Å². The summed E-state index contributed by atoms with van der Waals surface area (Å²) in [4.78, 5) is 18.1. The number of halogens is 1. The van der Waals surface area contributed by atoms with Crippen molar-refractivity contribution in [3.8, 4) is 0 Å². The van der Waals surface area contributed by atoms with E-state index in [1.165, 1.54) is 6.42 Å². The fourth-order valence-electron chi connectivity index (χ4n) is 2.47. The topological polar surface area (TPSA) is 45.2 Å². The largest absolute Gasteiger partial charge is 0.368 e. The summed E-state index contributed by atoms with van der Waals surface area (Å²) in [6.45, 7) is 3.53. The van der Waals surface area contributed by atoms with Crippen LogP contribution in [-0.4, -0.2) is 34.9 Å². The maximum absolute atomic E-state index is 11.9. The van der Waals surface area contributed by atoms with Crippen LogP contribution in [-0.2, 0) is 4.79 Å². The zero-order valence-electron chi connectivity index (χ0n) is 11.2. The number of anilines is 1. The summed E-state index contributed by atoms with van der Waals surface area (Å²) in [5, 5.41) is 3.76. The highest BCUT2D eigenvalue weighted by atomic mass is 35.5. The van der Waals surface area contributed by atoms with Gasteiger partial charge in [-0.15, -0.1) is 0 Å². The van der Waals surface area contributed by atoms with Gasteiger partial charge in [0.25, 0.3) is 0 Å². The van der Waals surface area contributed by atoms with Crippen molar-refractivity contribution in [3.05, 3.63) is 23.4 Å². The SMILES string of the molecule is CCC(=O)N1CCCCC1CNc1cccc(Cl)n1. The third-order valence-electron chi connectivity index (χ3n) is 3.48. The minimum atomic E-state index is 0.241. The summed E-state index contributed by atoms with van der Waals surface area (Å²) >= 11 is 5.85. The van der Waals surface area contributed by atoms with Crippen LogP contribution in [0.15, 0.2) is 18.2 Å². The molecule has 1 aliphatic heterocycles. The molecule has 1 unspecified atom stereocenters. The van der Waals surface area contributed by atoms with Crippen LogP contribution < -0.4 is 5.32 Å². The molecule has 0 radical (unpaired) electrons. The van der Waals surface area contributed by atoms with Crippen LogP contribution in [0.25, 0.3) is 0 Å². The van der Waals surface area contributed by atoms with Crippen molar-refractivity contribution in [3.63, 3.8) is 0 Å². The summed E-state index contributed by atoms with van der Waals surface area (Å²) in [6, 6.07) is 5.77. The number of hydrogen-bond donors (Lipinski definition) is 1. The molecule has 1 saturated heterocycles. The van der Waals surface area contributed by atoms with Crippen LogP contribution in [0.4, 0.5) is 5.82 Å². The van der Waals surface area contributed by atoms with Gasteiger partial charge in [-0.1, -0.05) is 24.6 Å². The zero-order chi connectivity index (χ0) is 13.7. The molecule has 1 fully saturated rings. The van der Waals surface area contributed by atoms with Gasteiger partial charge in [0.15, 0.2) is 0 Å². The van der Waals surface area contributed by atoms with E-state index in [1.807, 2.05) is 24.0 Å². The standard InChI is InChI=1S/C14H20ClN3O/c1-2-14(19)18-9-4-3-6-11(18)10-16-13-8-5-7-12(15)17-13/h5,7-8,11H,2-4,6,9-10H2,1H3,(H,16,17). The minimum absolute atomic E-state index is 0.241. The first-order valence-electron chi connectivity index (χ1n) is 6.86. The monoisotopic (exact) mass is 281 g/mol. The van der Waals surface area contributed by atoms with Crippen LogP contribution >= 0.6 is 11.6 Å². The molecular weight excluding hydrogens is 262 g/mol. The van der Waals surface area contributed by atoms with Crippen molar-refractivity contribution in [2.24, 2.45) is 0 Å². The number of carbonyl (C=O) groups excluding carboxylic acids is 1. The third kappa shape index (κ3) is 3.83. The molecule has 0 aliphatic carbocycles. The Morgan fingerprint density at radius 2 is 2.37 bits per heavy atom. The third-order valence-corrected chi connectivity index (χ3v) is 3.69. The minimum Gasteiger partial charge on any atom is -0.368 e. The fourth-order valence-corrected chi connectivity index (χ4v) is 2.64. The molecular formula is C14H20ClN3O. The maximum Gasteiger partial charge on any atom is 0.222 e. The van der Waals surface area contributed by atoms with Crippen LogP contribution in [0.5, 0.6) is 0 Å². The predicted molar refractivity (Wildman–Crippen MR) is 77.4 cm³/mol. The van der Waals surface area contributed by atoms with Crippen molar-refractivity contribution in [2.45, 2.75) is 38.6 Å². The van der Waals surface area contributed by atoms with E-state index >= 15 is 0 Å². The van der Waals surface area contributed by atoms with Crippen LogP contribution in [0, 0.1) is 0 Å². The smallest absolute Gasteiger partial charge is 0.222 e. The van der Waals surface area contributed by atoms with Gasteiger partial charge >= 0.3 is 0 Å². The molecule has 1 aliphatic rings. The Bertz CT molecular complexity index is 438. The van der Waals surface area contributed by atoms with E-state index in [2.05, 4.69) is 10.3 Å². The molecule has 4 nitrogen and oxygen atoms in total. The van der Waals surface area contributed by atoms with E-state index in [4.69, 9.17) is 11.6 Å². The van der Waals surface area contributed by atoms with E-state index in [0.717, 1.165) is 31.7 Å². The first-order chi connectivity index (χ1) is 9.20. The average molecular weight is 282 g/mol. The second-order valence-electron chi connectivity index (χ2n) is 4.82. The number of pyridine rings is 1. The number of rotatable bonds is 4. The van der Waals surface area contributed by atoms with Gasteiger partial charge in [0.05, 0.1) is 0 Å². The Balaban J connectivity index is 1.94. The van der Waals surface area contributed by atoms with Crippen LogP contribution in [0.2, 0.25) is 5.15 Å². The van der Waals surface area contributed by atoms with Crippen molar-refractivity contribution in [1.29, 1.82) is 0 Å². The number of carbonyl (C=O) groups is 1. The van der Waals surface area contributed by atoms with Gasteiger partial charge in [0.1, 0.15) is 11.0 Å². The quantitative estimate of drug-likeness (QED) is 0.863. The van der Waals surface area contributed by atoms with E-state index in [1.54, 1.807) is 6.07 Å². The molecule has 2 rings (SSSR count). The first-order valence-corrected chi connectivity index (χ1v) is 7.24. The predicted octanol–water partition coefficient (Wildman–Crippen LogP) is 2.94. The molecule has 0 aromatic carbocycles. The molecule has 0 saturated carbocycles. The Morgan fingerprint density at radius 3 is 3.11 bits per heavy atom. The van der Waals surface area contributed by atoms with Gasteiger partial charge in [-0.2, -0.15) is 0 Å². The lowest BCUT2D eigenvalue weighted by atomic mass is 10.0. The lowest BCUT2D eigenvalue weighted by molar-refractivity contribution is -0.134. The first kappa shape index (κ1) is 14.1. The van der Waals surface area contributed by atoms with Crippen molar-refractivity contribution in [2.75, 3.05) is 18.4 Å². The molecule has 1 aromatic heterocycles. The number of hydrogen-bond acceptors (Lipinski definition) is 3. The summed E-state index contributed by atoms with van der Waals surface area (Å²) in [6.07, 6.45) is 3.92. The lowest BCUT2D eigenvalue weighted by Gasteiger charge is -2.36. The van der Waals surface area contributed by atoms with Crippen molar-refractivity contribution >= 4 is 23.3 Å². The van der Waals surface area contributed by atoms with E-state index in [-0.39, 0.29) is 11.9 Å². The van der Waals surface area contributed by atoms with Crippen molar-refractivity contribution in [1.82, 2.24) is 9.88 Å². The van der Waals surface area contributed by atoms with Gasteiger partial charge in [-0.3, -0.25) is 4.79 Å². The molecule has 19 heavy (non-hydrogen) atoms. The molecule has 1 aromatic rings. The second-order valence-corrected chi connectivity index (χ2v) is 5.20. The molecule has 0 bridgehead atoms. The Kier molecular flexibility index (Phi) is 5.02. The van der Waals surface area contributed by atoms with E-state index < -0.39 is 0 Å². The Labute approximate surface area is 119 Å². The Morgan fingerprint density at radius 1 is 1.53 bits per heavy atom. The highest BCUT2D eigenvalue weighted by Gasteiger charge is 2.25. The Hall–Kier alpha value is -1.29. The number of aromatic nitrogens is 1. The summed E-state index contributed by atoms with van der Waals surface area (Å²) in [5.41, 5.74) is 0. The summed E-state index contributed by atoms with van der Waals surface area (Å²) < 4.78 is 0. The lowest BCUT2D eigenvalue weighted by Crippen LogP contribution is -2.46. The molecule has 1 amide bonds. The normalized spacial score (nSPS) is 19.3. The fraction of sp³-hybridized carbons (Fsp3) is 0.571. The maximum atomic E-state index is 11.9. The summed E-state index contributed by atoms with van der Waals surface area (Å²) in [5.74, 6) is 1.01. The van der Waals surface area contributed by atoms with Crippen LogP contribution in [0.1, 0.15) is 32.6 Å². The molecule has 0 spiro atoms. The van der Waals surface area contributed by atoms with E-state index in [0.29, 0.717) is 11.6 Å².